The molecular weight excluding hydrogens is 318 g/mol. The van der Waals surface area contributed by atoms with Gasteiger partial charge in [0, 0.05) is 6.32 Å². The molecule has 5 heteroatoms. The Labute approximate surface area is 149 Å². The monoisotopic (exact) mass is 344 g/mol. The summed E-state index contributed by atoms with van der Waals surface area (Å²) in [7, 11) is -0.765. The first-order valence-electron chi connectivity index (χ1n) is 8.84. The highest BCUT2D eigenvalue weighted by Gasteiger charge is 2.27. The highest BCUT2D eigenvalue weighted by atomic mass is 19.1. The molecule has 1 aromatic carbocycles. The van der Waals surface area contributed by atoms with Gasteiger partial charge in [-0.3, -0.25) is 0 Å². The third-order valence-electron chi connectivity index (χ3n) is 4.57. The molecule has 3 nitrogen and oxygen atoms in total. The van der Waals surface area contributed by atoms with Crippen LogP contribution in [0.15, 0.2) is 47.6 Å². The van der Waals surface area contributed by atoms with Gasteiger partial charge in [-0.25, -0.2) is 4.39 Å². The molecule has 0 aromatic heterocycles. The van der Waals surface area contributed by atoms with E-state index in [0.717, 1.165) is 48.0 Å². The topological polar surface area (TPSA) is 49.7 Å². The van der Waals surface area contributed by atoms with Crippen molar-refractivity contribution in [1.82, 2.24) is 0 Å². The zero-order valence-corrected chi connectivity index (χ0v) is 15.0. The fourth-order valence-electron chi connectivity index (χ4n) is 2.99. The van der Waals surface area contributed by atoms with E-state index in [1.165, 1.54) is 12.1 Å². The Morgan fingerprint density at radius 3 is 2.80 bits per heavy atom. The number of benzene rings is 1. The second-order valence-electron chi connectivity index (χ2n) is 6.34. The maximum absolute atomic E-state index is 13.5. The Balaban J connectivity index is 2.09. The highest BCUT2D eigenvalue weighted by molar-refractivity contribution is 6.43. The molecule has 1 atom stereocenters. The minimum Gasteiger partial charge on any atom is -0.505 e. The Morgan fingerprint density at radius 2 is 2.16 bits per heavy atom. The van der Waals surface area contributed by atoms with Gasteiger partial charge in [0.25, 0.3) is 0 Å². The van der Waals surface area contributed by atoms with Crippen LogP contribution in [-0.2, 0) is 4.65 Å². The molecule has 0 fully saturated rings. The fourth-order valence-corrected chi connectivity index (χ4v) is 2.99. The van der Waals surface area contributed by atoms with E-state index < -0.39 is 12.9 Å². The molecule has 2 N–H and O–H groups in total. The second-order valence-corrected chi connectivity index (χ2v) is 6.34. The van der Waals surface area contributed by atoms with Crippen molar-refractivity contribution in [2.24, 2.45) is 0 Å². The van der Waals surface area contributed by atoms with Gasteiger partial charge in [0.05, 0.1) is 6.10 Å². The van der Waals surface area contributed by atoms with Gasteiger partial charge in [0.1, 0.15) is 0 Å². The van der Waals surface area contributed by atoms with Crippen LogP contribution in [0.3, 0.4) is 0 Å². The van der Waals surface area contributed by atoms with Crippen LogP contribution in [0.4, 0.5) is 4.39 Å². The zero-order valence-electron chi connectivity index (χ0n) is 15.0. The van der Waals surface area contributed by atoms with Crippen LogP contribution in [0.5, 0.6) is 5.75 Å². The Morgan fingerprint density at radius 1 is 1.40 bits per heavy atom. The summed E-state index contributed by atoms with van der Waals surface area (Å²) < 4.78 is 19.2. The lowest BCUT2D eigenvalue weighted by molar-refractivity contribution is 0.183. The number of aromatic hydroxyl groups is 1. The Kier molecular flexibility index (Phi) is 7.03. The van der Waals surface area contributed by atoms with Gasteiger partial charge in [-0.2, -0.15) is 0 Å². The van der Waals surface area contributed by atoms with Gasteiger partial charge in [0.2, 0.25) is 0 Å². The normalized spacial score (nSPS) is 18.2. The van der Waals surface area contributed by atoms with E-state index in [-0.39, 0.29) is 11.9 Å². The molecule has 134 valence electrons. The average molecular weight is 344 g/mol. The fraction of sp³-hybridized carbons (Fsp3) is 0.400. The summed E-state index contributed by atoms with van der Waals surface area (Å²) >= 11 is 0. The molecule has 0 saturated carbocycles. The quantitative estimate of drug-likeness (QED) is 0.694. The summed E-state index contributed by atoms with van der Waals surface area (Å²) in [5.41, 5.74) is 4.01. The van der Waals surface area contributed by atoms with Crippen molar-refractivity contribution in [3.05, 3.63) is 59.0 Å². The molecule has 0 aliphatic carbocycles. The first-order chi connectivity index (χ1) is 11.9. The zero-order chi connectivity index (χ0) is 18.4. The van der Waals surface area contributed by atoms with E-state index in [0.29, 0.717) is 6.32 Å². The average Bonchev–Trinajstić information content (AvgIpc) is 2.61. The molecular formula is C20H26BFO3. The van der Waals surface area contributed by atoms with E-state index in [2.05, 4.69) is 20.4 Å². The molecule has 0 spiro atoms. The summed E-state index contributed by atoms with van der Waals surface area (Å²) in [5.74, 6) is -0.958. The molecule has 25 heavy (non-hydrogen) atoms. The van der Waals surface area contributed by atoms with E-state index in [1.807, 2.05) is 12.2 Å². The van der Waals surface area contributed by atoms with E-state index >= 15 is 0 Å². The number of phenolic OH excluding ortho intramolecular Hbond substituents is 1. The van der Waals surface area contributed by atoms with Gasteiger partial charge < -0.3 is 14.8 Å². The maximum Gasteiger partial charge on any atom is 0.458 e. The number of hydrogen-bond donors (Lipinski definition) is 2. The van der Waals surface area contributed by atoms with Gasteiger partial charge in [-0.05, 0) is 49.0 Å². The summed E-state index contributed by atoms with van der Waals surface area (Å²) in [6.07, 6.45) is 7.51. The predicted molar refractivity (Wildman–Crippen MR) is 101 cm³/mol. The lowest BCUT2D eigenvalue weighted by Crippen LogP contribution is -2.31. The molecule has 0 amide bonds. The van der Waals surface area contributed by atoms with Crippen molar-refractivity contribution in [3.8, 4) is 5.75 Å². The lowest BCUT2D eigenvalue weighted by atomic mass is 9.77. The SMILES string of the molecule is C=C(CC)C1=CCB(O)OC1CC/C(=C/c1ccc(O)c(F)c1)CC. The number of hydrogen-bond acceptors (Lipinski definition) is 3. The highest BCUT2D eigenvalue weighted by Crippen LogP contribution is 2.29. The minimum atomic E-state index is -0.765. The van der Waals surface area contributed by atoms with Crippen molar-refractivity contribution in [1.29, 1.82) is 0 Å². The van der Waals surface area contributed by atoms with Gasteiger partial charge in [-0.1, -0.05) is 49.8 Å². The lowest BCUT2D eigenvalue weighted by Gasteiger charge is -2.28. The van der Waals surface area contributed by atoms with Crippen LogP contribution in [-0.4, -0.2) is 23.4 Å². The molecule has 1 aliphatic heterocycles. The number of halogens is 1. The molecule has 0 saturated heterocycles. The number of rotatable bonds is 7. The molecule has 1 unspecified atom stereocenters. The Hall–Kier alpha value is -1.85. The second kappa shape index (κ2) is 9.02. The van der Waals surface area contributed by atoms with Crippen molar-refractivity contribution in [2.45, 2.75) is 52.0 Å². The first-order valence-corrected chi connectivity index (χ1v) is 8.84. The molecule has 1 heterocycles. The van der Waals surface area contributed by atoms with Crippen molar-refractivity contribution in [3.63, 3.8) is 0 Å². The largest absolute Gasteiger partial charge is 0.505 e. The first kappa shape index (κ1) is 19.5. The molecule has 0 radical (unpaired) electrons. The molecule has 2 rings (SSSR count). The van der Waals surface area contributed by atoms with Crippen LogP contribution >= 0.6 is 0 Å². The van der Waals surface area contributed by atoms with Crippen LogP contribution < -0.4 is 0 Å². The van der Waals surface area contributed by atoms with Crippen LogP contribution in [0.2, 0.25) is 6.32 Å². The van der Waals surface area contributed by atoms with Gasteiger partial charge >= 0.3 is 7.12 Å². The van der Waals surface area contributed by atoms with Gasteiger partial charge in [0.15, 0.2) is 11.6 Å². The van der Waals surface area contributed by atoms with E-state index in [1.54, 1.807) is 6.07 Å². The summed E-state index contributed by atoms with van der Waals surface area (Å²) in [6, 6.07) is 4.39. The van der Waals surface area contributed by atoms with Crippen LogP contribution in [0, 0.1) is 5.82 Å². The summed E-state index contributed by atoms with van der Waals surface area (Å²) in [6.45, 7) is 8.21. The summed E-state index contributed by atoms with van der Waals surface area (Å²) in [4.78, 5) is 0. The third-order valence-corrected chi connectivity index (χ3v) is 4.57. The molecule has 0 bridgehead atoms. The number of phenols is 1. The van der Waals surface area contributed by atoms with Gasteiger partial charge in [-0.15, -0.1) is 0 Å². The van der Waals surface area contributed by atoms with Crippen molar-refractivity contribution in [2.75, 3.05) is 0 Å². The third kappa shape index (κ3) is 5.31. The summed E-state index contributed by atoms with van der Waals surface area (Å²) in [5, 5.41) is 19.1. The van der Waals surface area contributed by atoms with E-state index in [9.17, 15) is 14.5 Å². The predicted octanol–water partition coefficient (Wildman–Crippen LogP) is 4.88. The van der Waals surface area contributed by atoms with Crippen LogP contribution in [0.25, 0.3) is 6.08 Å². The standard InChI is InChI=1S/C20H26BFO3/c1-4-14(3)17-10-11-21(24)25-20(17)9-7-15(5-2)12-16-6-8-19(23)18(22)13-16/h6,8,10,12-13,20,23-24H,3-5,7,9,11H2,1-2H3/b15-12+. The number of allylic oxidation sites excluding steroid dienone is 2. The molecule has 1 aliphatic rings. The minimum absolute atomic E-state index is 0.164. The smallest absolute Gasteiger partial charge is 0.458 e. The molecule has 1 aromatic rings. The van der Waals surface area contributed by atoms with E-state index in [4.69, 9.17) is 4.65 Å². The Bertz CT molecular complexity index is 682. The maximum atomic E-state index is 13.5. The van der Waals surface area contributed by atoms with Crippen molar-refractivity contribution >= 4 is 13.2 Å². The van der Waals surface area contributed by atoms with Crippen LogP contribution in [0.1, 0.15) is 45.1 Å². The van der Waals surface area contributed by atoms with Crippen molar-refractivity contribution < 1.29 is 19.2 Å².